The molecule has 0 bridgehead atoms. The summed E-state index contributed by atoms with van der Waals surface area (Å²) in [5.41, 5.74) is 11.3. The molecule has 124 valence electrons. The van der Waals surface area contributed by atoms with E-state index in [0.717, 1.165) is 31.6 Å². The first-order valence-corrected chi connectivity index (χ1v) is 8.57. The van der Waals surface area contributed by atoms with Crippen LogP contribution in [0, 0.1) is 20.8 Å². The van der Waals surface area contributed by atoms with Crippen LogP contribution >= 0.6 is 0 Å². The average molecular weight is 311 g/mol. The zero-order chi connectivity index (χ0) is 16.7. The van der Waals surface area contributed by atoms with Crippen LogP contribution in [-0.2, 0) is 0 Å². The van der Waals surface area contributed by atoms with Crippen LogP contribution in [0.1, 0.15) is 47.4 Å². The molecular weight excluding hydrogens is 282 g/mol. The number of hydrogen-bond donors (Lipinski definition) is 1. The lowest BCUT2D eigenvalue weighted by molar-refractivity contribution is 0.301. The first-order chi connectivity index (χ1) is 11.1. The second-order valence-electron chi connectivity index (χ2n) is 6.40. The molecule has 2 nitrogen and oxygen atoms in total. The Morgan fingerprint density at radius 1 is 0.957 bits per heavy atom. The highest BCUT2D eigenvalue weighted by Crippen LogP contribution is 2.25. The van der Waals surface area contributed by atoms with Crippen molar-refractivity contribution >= 4 is 0 Å². The quantitative estimate of drug-likeness (QED) is 0.703. The number of para-hydroxylation sites is 1. The van der Waals surface area contributed by atoms with Crippen LogP contribution < -0.4 is 10.5 Å². The molecule has 0 aromatic heterocycles. The van der Waals surface area contributed by atoms with Crippen LogP contribution in [0.2, 0.25) is 0 Å². The first kappa shape index (κ1) is 17.6. The molecule has 0 heterocycles. The Labute approximate surface area is 140 Å². The number of aryl methyl sites for hydroxylation is 3. The summed E-state index contributed by atoms with van der Waals surface area (Å²) < 4.78 is 5.87. The minimum atomic E-state index is 0.452. The Morgan fingerprint density at radius 2 is 1.74 bits per heavy atom. The summed E-state index contributed by atoms with van der Waals surface area (Å²) in [5.74, 6) is 1.45. The van der Waals surface area contributed by atoms with Gasteiger partial charge in [0.25, 0.3) is 0 Å². The van der Waals surface area contributed by atoms with Crippen LogP contribution in [-0.4, -0.2) is 13.2 Å². The largest absolute Gasteiger partial charge is 0.493 e. The van der Waals surface area contributed by atoms with E-state index in [1.165, 1.54) is 22.3 Å². The van der Waals surface area contributed by atoms with Gasteiger partial charge >= 0.3 is 0 Å². The number of benzene rings is 2. The van der Waals surface area contributed by atoms with E-state index in [4.69, 9.17) is 10.5 Å². The highest BCUT2D eigenvalue weighted by molar-refractivity contribution is 5.33. The Kier molecular flexibility index (Phi) is 6.66. The molecule has 0 saturated carbocycles. The monoisotopic (exact) mass is 311 g/mol. The second-order valence-corrected chi connectivity index (χ2v) is 6.40. The van der Waals surface area contributed by atoms with Crippen LogP contribution in [0.5, 0.6) is 5.75 Å². The molecule has 2 aromatic rings. The highest BCUT2D eigenvalue weighted by Gasteiger charge is 2.12. The third-order valence-corrected chi connectivity index (χ3v) is 4.46. The molecule has 0 aliphatic carbocycles. The third kappa shape index (κ3) is 5.11. The van der Waals surface area contributed by atoms with Crippen molar-refractivity contribution in [2.24, 2.45) is 5.73 Å². The molecule has 2 aromatic carbocycles. The molecule has 0 saturated heterocycles. The Hall–Kier alpha value is -1.80. The van der Waals surface area contributed by atoms with E-state index < -0.39 is 0 Å². The molecule has 0 fully saturated rings. The fourth-order valence-electron chi connectivity index (χ4n) is 2.99. The van der Waals surface area contributed by atoms with Gasteiger partial charge in [0.2, 0.25) is 0 Å². The molecule has 0 radical (unpaired) electrons. The molecule has 0 aliphatic rings. The molecule has 2 N–H and O–H groups in total. The average Bonchev–Trinajstić information content (AvgIpc) is 2.55. The van der Waals surface area contributed by atoms with E-state index in [0.29, 0.717) is 12.5 Å². The topological polar surface area (TPSA) is 35.2 Å². The lowest BCUT2D eigenvalue weighted by Crippen LogP contribution is -2.14. The molecule has 0 aliphatic heterocycles. The predicted molar refractivity (Wildman–Crippen MR) is 98.2 cm³/mol. The Bertz CT molecular complexity index is 621. The molecule has 0 amide bonds. The van der Waals surface area contributed by atoms with Gasteiger partial charge in [-0.05, 0) is 75.3 Å². The summed E-state index contributed by atoms with van der Waals surface area (Å²) in [6.45, 7) is 7.89. The smallest absolute Gasteiger partial charge is 0.122 e. The van der Waals surface area contributed by atoms with Crippen LogP contribution in [0.25, 0.3) is 0 Å². The van der Waals surface area contributed by atoms with Crippen molar-refractivity contribution in [3.05, 3.63) is 64.7 Å². The molecule has 1 unspecified atom stereocenters. The molecule has 0 spiro atoms. The second kappa shape index (κ2) is 8.73. The molecule has 2 heteroatoms. The van der Waals surface area contributed by atoms with E-state index >= 15 is 0 Å². The summed E-state index contributed by atoms with van der Waals surface area (Å²) in [6, 6.07) is 14.8. The van der Waals surface area contributed by atoms with Crippen molar-refractivity contribution < 1.29 is 4.74 Å². The van der Waals surface area contributed by atoms with Gasteiger partial charge in [-0.1, -0.05) is 42.0 Å². The Balaban J connectivity index is 1.80. The zero-order valence-electron chi connectivity index (χ0n) is 14.6. The van der Waals surface area contributed by atoms with Gasteiger partial charge in [0.1, 0.15) is 5.75 Å². The van der Waals surface area contributed by atoms with E-state index in [2.05, 4.69) is 45.0 Å². The number of nitrogens with two attached hydrogens (primary N) is 1. The summed E-state index contributed by atoms with van der Waals surface area (Å²) in [5, 5.41) is 0. The summed E-state index contributed by atoms with van der Waals surface area (Å²) >= 11 is 0. The fourth-order valence-corrected chi connectivity index (χ4v) is 2.99. The minimum Gasteiger partial charge on any atom is -0.493 e. The summed E-state index contributed by atoms with van der Waals surface area (Å²) in [4.78, 5) is 0. The third-order valence-electron chi connectivity index (χ3n) is 4.46. The van der Waals surface area contributed by atoms with Gasteiger partial charge in [-0.25, -0.2) is 0 Å². The van der Waals surface area contributed by atoms with Gasteiger partial charge in [0, 0.05) is 0 Å². The number of hydrogen-bond acceptors (Lipinski definition) is 2. The normalized spacial score (nSPS) is 12.2. The lowest BCUT2D eigenvalue weighted by Gasteiger charge is -2.18. The van der Waals surface area contributed by atoms with Gasteiger partial charge in [-0.3, -0.25) is 0 Å². The SMILES string of the molecule is Cc1ccc(C)c(C(CN)CCCCOc2ccccc2C)c1. The summed E-state index contributed by atoms with van der Waals surface area (Å²) in [7, 11) is 0. The fraction of sp³-hybridized carbons (Fsp3) is 0.429. The van der Waals surface area contributed by atoms with E-state index in [1.54, 1.807) is 0 Å². The van der Waals surface area contributed by atoms with Crippen molar-refractivity contribution in [3.63, 3.8) is 0 Å². The summed E-state index contributed by atoms with van der Waals surface area (Å²) in [6.07, 6.45) is 3.33. The van der Waals surface area contributed by atoms with Gasteiger partial charge in [0.05, 0.1) is 6.61 Å². The molecule has 1 atom stereocenters. The number of unbranched alkanes of at least 4 members (excludes halogenated alkanes) is 1. The van der Waals surface area contributed by atoms with Crippen molar-refractivity contribution in [2.45, 2.75) is 46.0 Å². The van der Waals surface area contributed by atoms with Crippen molar-refractivity contribution in [1.82, 2.24) is 0 Å². The maximum absolute atomic E-state index is 6.02. The molecule has 23 heavy (non-hydrogen) atoms. The standard InChI is InChI=1S/C21H29NO/c1-16-11-12-17(2)20(14-16)19(15-22)9-6-7-13-23-21-10-5-4-8-18(21)3/h4-5,8,10-12,14,19H,6-7,9,13,15,22H2,1-3H3. The van der Waals surface area contributed by atoms with Gasteiger partial charge in [0.15, 0.2) is 0 Å². The highest BCUT2D eigenvalue weighted by atomic mass is 16.5. The van der Waals surface area contributed by atoms with Crippen LogP contribution in [0.15, 0.2) is 42.5 Å². The van der Waals surface area contributed by atoms with Gasteiger partial charge < -0.3 is 10.5 Å². The maximum Gasteiger partial charge on any atom is 0.122 e. The van der Waals surface area contributed by atoms with Crippen LogP contribution in [0.4, 0.5) is 0 Å². The minimum absolute atomic E-state index is 0.452. The molecular formula is C21H29NO. The van der Waals surface area contributed by atoms with E-state index in [9.17, 15) is 0 Å². The van der Waals surface area contributed by atoms with Gasteiger partial charge in [-0.2, -0.15) is 0 Å². The maximum atomic E-state index is 6.02. The van der Waals surface area contributed by atoms with Crippen LogP contribution in [0.3, 0.4) is 0 Å². The number of ether oxygens (including phenoxy) is 1. The van der Waals surface area contributed by atoms with Crippen molar-refractivity contribution in [3.8, 4) is 5.75 Å². The van der Waals surface area contributed by atoms with E-state index in [-0.39, 0.29) is 0 Å². The van der Waals surface area contributed by atoms with Crippen molar-refractivity contribution in [1.29, 1.82) is 0 Å². The number of rotatable bonds is 8. The molecule has 2 rings (SSSR count). The lowest BCUT2D eigenvalue weighted by atomic mass is 9.89. The predicted octanol–water partition coefficient (Wildman–Crippen LogP) is 4.90. The first-order valence-electron chi connectivity index (χ1n) is 8.57. The van der Waals surface area contributed by atoms with Crippen molar-refractivity contribution in [2.75, 3.05) is 13.2 Å². The Morgan fingerprint density at radius 3 is 2.48 bits per heavy atom. The zero-order valence-corrected chi connectivity index (χ0v) is 14.6. The van der Waals surface area contributed by atoms with Gasteiger partial charge in [-0.15, -0.1) is 0 Å². The van der Waals surface area contributed by atoms with E-state index in [1.807, 2.05) is 18.2 Å².